The summed E-state index contributed by atoms with van der Waals surface area (Å²) < 4.78 is 10.9. The lowest BCUT2D eigenvalue weighted by atomic mass is 9.92. The first kappa shape index (κ1) is 24.3. The fraction of sp³-hybridized carbons (Fsp3) is 0.423. The van der Waals surface area contributed by atoms with E-state index in [1.807, 2.05) is 69.3 Å². The van der Waals surface area contributed by atoms with E-state index in [0.29, 0.717) is 31.6 Å². The number of hydrogen-bond acceptors (Lipinski definition) is 5. The second-order valence-corrected chi connectivity index (χ2v) is 9.17. The molecule has 0 saturated carbocycles. The number of benzene rings is 2. The number of rotatable bonds is 6. The summed E-state index contributed by atoms with van der Waals surface area (Å²) in [6, 6.07) is 18.5. The Bertz CT molecular complexity index is 932. The number of ether oxygens (including phenoxy) is 2. The van der Waals surface area contributed by atoms with Crippen molar-refractivity contribution >= 4 is 23.7 Å². The minimum atomic E-state index is -0.565. The zero-order chi connectivity index (χ0) is 23.8. The first-order valence-corrected chi connectivity index (χ1v) is 11.3. The summed E-state index contributed by atoms with van der Waals surface area (Å²) in [5, 5.41) is 0. The van der Waals surface area contributed by atoms with Crippen molar-refractivity contribution in [3.05, 3.63) is 66.2 Å². The number of amides is 2. The van der Waals surface area contributed by atoms with Crippen LogP contribution in [-0.4, -0.2) is 48.1 Å². The molecular formula is C26H32N2O5. The largest absolute Gasteiger partial charge is 0.444 e. The van der Waals surface area contributed by atoms with Gasteiger partial charge >= 0.3 is 12.2 Å². The number of nitrogens with zero attached hydrogens (tertiary/aromatic N) is 2. The molecule has 2 aromatic carbocycles. The second kappa shape index (κ2) is 11.0. The summed E-state index contributed by atoms with van der Waals surface area (Å²) in [7, 11) is 0. The molecule has 1 aliphatic rings. The summed E-state index contributed by atoms with van der Waals surface area (Å²) >= 11 is 0. The molecule has 0 bridgehead atoms. The van der Waals surface area contributed by atoms with E-state index >= 15 is 0 Å². The van der Waals surface area contributed by atoms with Gasteiger partial charge in [0.1, 0.15) is 12.2 Å². The molecule has 7 heteroatoms. The Morgan fingerprint density at radius 1 is 0.939 bits per heavy atom. The molecule has 0 atom stereocenters. The topological polar surface area (TPSA) is 76.2 Å². The van der Waals surface area contributed by atoms with Crippen LogP contribution in [0.3, 0.4) is 0 Å². The van der Waals surface area contributed by atoms with Gasteiger partial charge in [-0.2, -0.15) is 0 Å². The van der Waals surface area contributed by atoms with Gasteiger partial charge in [-0.25, -0.2) is 9.59 Å². The molecule has 1 aliphatic heterocycles. The van der Waals surface area contributed by atoms with Crippen LogP contribution >= 0.6 is 0 Å². The molecule has 0 N–H and O–H groups in total. The number of anilines is 1. The van der Waals surface area contributed by atoms with Gasteiger partial charge in [0.25, 0.3) is 0 Å². The van der Waals surface area contributed by atoms with Crippen LogP contribution in [-0.2, 0) is 20.9 Å². The van der Waals surface area contributed by atoms with Crippen LogP contribution in [0.4, 0.5) is 15.3 Å². The zero-order valence-electron chi connectivity index (χ0n) is 19.5. The molecule has 0 unspecified atom stereocenters. The number of piperidine rings is 1. The van der Waals surface area contributed by atoms with Crippen LogP contribution in [0, 0.1) is 5.92 Å². The van der Waals surface area contributed by atoms with E-state index in [0.717, 1.165) is 5.56 Å². The van der Waals surface area contributed by atoms with E-state index in [1.165, 1.54) is 4.90 Å². The van der Waals surface area contributed by atoms with Crippen LogP contribution in [0.2, 0.25) is 0 Å². The van der Waals surface area contributed by atoms with Gasteiger partial charge in [-0.3, -0.25) is 9.69 Å². The number of hydrogen-bond donors (Lipinski definition) is 0. The molecule has 1 heterocycles. The molecule has 3 rings (SSSR count). The van der Waals surface area contributed by atoms with Gasteiger partial charge in [0, 0.05) is 24.7 Å². The molecule has 2 amide bonds. The lowest BCUT2D eigenvalue weighted by Gasteiger charge is -2.33. The van der Waals surface area contributed by atoms with Crippen molar-refractivity contribution in [3.8, 4) is 0 Å². The Kier molecular flexibility index (Phi) is 8.09. The summed E-state index contributed by atoms with van der Waals surface area (Å²) in [5.74, 6) is -0.267. The molecule has 33 heavy (non-hydrogen) atoms. The van der Waals surface area contributed by atoms with Gasteiger partial charge in [-0.15, -0.1) is 0 Å². The standard InChI is InChI=1S/C26H32N2O5/c1-26(2,3)33-24(30)27-16-14-21(15-17-27)23(29)18-28(22-12-8-5-9-13-22)25(31)32-19-20-10-6-4-7-11-20/h4-13,21H,14-19H2,1-3H3. The fourth-order valence-electron chi connectivity index (χ4n) is 3.66. The van der Waals surface area contributed by atoms with Gasteiger partial charge < -0.3 is 14.4 Å². The van der Waals surface area contributed by atoms with E-state index in [9.17, 15) is 14.4 Å². The molecule has 0 spiro atoms. The maximum atomic E-state index is 13.1. The van der Waals surface area contributed by atoms with Crippen molar-refractivity contribution < 1.29 is 23.9 Å². The molecule has 2 aromatic rings. The molecule has 1 saturated heterocycles. The van der Waals surface area contributed by atoms with Crippen molar-refractivity contribution in [2.24, 2.45) is 5.92 Å². The van der Waals surface area contributed by atoms with Gasteiger partial charge in [-0.1, -0.05) is 48.5 Å². The predicted molar refractivity (Wildman–Crippen MR) is 126 cm³/mol. The smallest absolute Gasteiger partial charge is 0.415 e. The molecule has 0 radical (unpaired) electrons. The highest BCUT2D eigenvalue weighted by molar-refractivity contribution is 5.96. The van der Waals surface area contributed by atoms with E-state index in [4.69, 9.17) is 9.47 Å². The quantitative estimate of drug-likeness (QED) is 0.613. The number of ketones is 1. The van der Waals surface area contributed by atoms with E-state index in [-0.39, 0.29) is 30.9 Å². The van der Waals surface area contributed by atoms with E-state index < -0.39 is 11.7 Å². The first-order chi connectivity index (χ1) is 15.7. The highest BCUT2D eigenvalue weighted by Gasteiger charge is 2.31. The fourth-order valence-corrected chi connectivity index (χ4v) is 3.66. The van der Waals surface area contributed by atoms with Crippen molar-refractivity contribution in [2.45, 2.75) is 45.8 Å². The number of carbonyl (C=O) groups excluding carboxylic acids is 3. The van der Waals surface area contributed by atoms with Crippen molar-refractivity contribution in [3.63, 3.8) is 0 Å². The number of likely N-dealkylation sites (tertiary alicyclic amines) is 1. The lowest BCUT2D eigenvalue weighted by molar-refractivity contribution is -0.123. The number of para-hydroxylation sites is 1. The van der Waals surface area contributed by atoms with E-state index in [2.05, 4.69) is 0 Å². The Labute approximate surface area is 195 Å². The second-order valence-electron chi connectivity index (χ2n) is 9.17. The molecule has 0 aromatic heterocycles. The van der Waals surface area contributed by atoms with Crippen LogP contribution < -0.4 is 4.90 Å². The summed E-state index contributed by atoms with van der Waals surface area (Å²) in [4.78, 5) is 41.3. The SMILES string of the molecule is CC(C)(C)OC(=O)N1CCC(C(=O)CN(C(=O)OCc2ccccc2)c2ccccc2)CC1. The summed E-state index contributed by atoms with van der Waals surface area (Å²) in [5.41, 5.74) is 0.926. The number of Topliss-reactive ketones (excluding diaryl/α,β-unsaturated/α-hetero) is 1. The molecular weight excluding hydrogens is 420 g/mol. The average molecular weight is 453 g/mol. The van der Waals surface area contributed by atoms with Crippen molar-refractivity contribution in [1.29, 1.82) is 0 Å². The third-order valence-electron chi connectivity index (χ3n) is 5.41. The monoisotopic (exact) mass is 452 g/mol. The average Bonchev–Trinajstić information content (AvgIpc) is 2.81. The highest BCUT2D eigenvalue weighted by atomic mass is 16.6. The Balaban J connectivity index is 1.60. The molecule has 1 fully saturated rings. The van der Waals surface area contributed by atoms with Crippen LogP contribution in [0.15, 0.2) is 60.7 Å². The van der Waals surface area contributed by atoms with Gasteiger partial charge in [0.05, 0.1) is 6.54 Å². The maximum absolute atomic E-state index is 13.1. The minimum absolute atomic E-state index is 0.0423. The van der Waals surface area contributed by atoms with Gasteiger partial charge in [-0.05, 0) is 51.3 Å². The van der Waals surface area contributed by atoms with Gasteiger partial charge in [0.2, 0.25) is 0 Å². The van der Waals surface area contributed by atoms with Gasteiger partial charge in [0.15, 0.2) is 5.78 Å². The van der Waals surface area contributed by atoms with Crippen molar-refractivity contribution in [2.75, 3.05) is 24.5 Å². The zero-order valence-corrected chi connectivity index (χ0v) is 19.5. The lowest BCUT2D eigenvalue weighted by Crippen LogP contribution is -2.45. The minimum Gasteiger partial charge on any atom is -0.444 e. The molecule has 0 aliphatic carbocycles. The van der Waals surface area contributed by atoms with Crippen LogP contribution in [0.5, 0.6) is 0 Å². The Hall–Kier alpha value is -3.35. The van der Waals surface area contributed by atoms with Crippen molar-refractivity contribution in [1.82, 2.24) is 4.90 Å². The first-order valence-electron chi connectivity index (χ1n) is 11.3. The summed E-state index contributed by atoms with van der Waals surface area (Å²) in [6.45, 7) is 6.45. The normalized spacial score (nSPS) is 14.5. The third kappa shape index (κ3) is 7.34. The van der Waals surface area contributed by atoms with Crippen LogP contribution in [0.1, 0.15) is 39.2 Å². The predicted octanol–water partition coefficient (Wildman–Crippen LogP) is 5.05. The Morgan fingerprint density at radius 3 is 2.09 bits per heavy atom. The number of carbonyl (C=O) groups is 3. The maximum Gasteiger partial charge on any atom is 0.415 e. The third-order valence-corrected chi connectivity index (χ3v) is 5.41. The highest BCUT2D eigenvalue weighted by Crippen LogP contribution is 2.23. The molecule has 7 nitrogen and oxygen atoms in total. The Morgan fingerprint density at radius 2 is 1.52 bits per heavy atom. The molecule has 176 valence electrons. The van der Waals surface area contributed by atoms with E-state index in [1.54, 1.807) is 17.0 Å². The van der Waals surface area contributed by atoms with Crippen LogP contribution in [0.25, 0.3) is 0 Å². The summed E-state index contributed by atoms with van der Waals surface area (Å²) in [6.07, 6.45) is 0.160.